The first-order chi connectivity index (χ1) is 15.1. The highest BCUT2D eigenvalue weighted by Crippen LogP contribution is 2.39. The van der Waals surface area contributed by atoms with Crippen molar-refractivity contribution in [3.8, 4) is 0 Å². The number of carboxylic acid groups (broad SMARTS) is 1. The fourth-order valence-corrected chi connectivity index (χ4v) is 3.77. The van der Waals surface area contributed by atoms with Crippen LogP contribution in [0.1, 0.15) is 40.1 Å². The molecule has 2 aliphatic rings. The van der Waals surface area contributed by atoms with E-state index in [4.69, 9.17) is 5.11 Å². The summed E-state index contributed by atoms with van der Waals surface area (Å²) >= 11 is 0. The average molecular weight is 449 g/mol. The molecule has 2 bridgehead atoms. The van der Waals surface area contributed by atoms with E-state index in [1.165, 1.54) is 23.1 Å². The van der Waals surface area contributed by atoms with Crippen LogP contribution in [0, 0.1) is 0 Å². The number of hydrogen-bond donors (Lipinski definition) is 2. The number of aromatic carboxylic acids is 1. The summed E-state index contributed by atoms with van der Waals surface area (Å²) in [7, 11) is 0. The number of halogens is 3. The fourth-order valence-electron chi connectivity index (χ4n) is 3.77. The van der Waals surface area contributed by atoms with Crippen LogP contribution in [0.2, 0.25) is 0 Å². The third-order valence-corrected chi connectivity index (χ3v) is 5.34. The van der Waals surface area contributed by atoms with Crippen LogP contribution in [-0.2, 0) is 0 Å². The number of pyridine rings is 2. The van der Waals surface area contributed by atoms with Crippen molar-refractivity contribution >= 4 is 35.1 Å². The molecule has 4 rings (SSSR count). The Hall–Kier alpha value is -3.70. The maximum absolute atomic E-state index is 13.0. The second-order valence-electron chi connectivity index (χ2n) is 7.50. The van der Waals surface area contributed by atoms with Crippen LogP contribution in [0.5, 0.6) is 0 Å². The van der Waals surface area contributed by atoms with Gasteiger partial charge in [0, 0.05) is 25.7 Å². The minimum atomic E-state index is -4.45. The molecule has 1 saturated heterocycles. The van der Waals surface area contributed by atoms with Crippen molar-refractivity contribution in [1.82, 2.24) is 9.97 Å². The molecule has 9 nitrogen and oxygen atoms in total. The number of fused-ring (bicyclic) bond motifs is 4. The lowest BCUT2D eigenvalue weighted by molar-refractivity contribution is -0.133. The van der Waals surface area contributed by atoms with Gasteiger partial charge in [0.2, 0.25) is 0 Å². The first-order valence-electron chi connectivity index (χ1n) is 9.78. The Morgan fingerprint density at radius 1 is 1.19 bits per heavy atom. The number of carbonyl (C=O) groups is 3. The van der Waals surface area contributed by atoms with Gasteiger partial charge in [-0.2, -0.15) is 13.2 Å². The van der Waals surface area contributed by atoms with Crippen molar-refractivity contribution < 1.29 is 32.7 Å². The molecule has 12 heteroatoms. The van der Waals surface area contributed by atoms with Gasteiger partial charge in [0.25, 0.3) is 0 Å². The molecule has 0 unspecified atom stereocenters. The van der Waals surface area contributed by atoms with Gasteiger partial charge >= 0.3 is 18.2 Å². The molecular weight excluding hydrogens is 431 g/mol. The first-order valence-corrected chi connectivity index (χ1v) is 9.78. The summed E-state index contributed by atoms with van der Waals surface area (Å²) in [6, 6.07) is 4.78. The maximum Gasteiger partial charge on any atom is 0.389 e. The van der Waals surface area contributed by atoms with Gasteiger partial charge < -0.3 is 10.0 Å². The van der Waals surface area contributed by atoms with Crippen molar-refractivity contribution in [2.75, 3.05) is 28.2 Å². The lowest BCUT2D eigenvalue weighted by Gasteiger charge is -2.35. The number of alkyl halides is 3. The topological polar surface area (TPSA) is 116 Å². The van der Waals surface area contributed by atoms with E-state index in [1.54, 1.807) is 6.07 Å². The molecule has 1 atom stereocenters. The van der Waals surface area contributed by atoms with Gasteiger partial charge in [0.15, 0.2) is 11.6 Å². The van der Waals surface area contributed by atoms with Crippen molar-refractivity contribution in [3.05, 3.63) is 41.7 Å². The largest absolute Gasteiger partial charge is 0.478 e. The molecule has 0 saturated carbocycles. The van der Waals surface area contributed by atoms with Crippen molar-refractivity contribution in [3.63, 3.8) is 0 Å². The summed E-state index contributed by atoms with van der Waals surface area (Å²) in [5.41, 5.74) is 0.425. The number of carbonyl (C=O) groups excluding carboxylic acids is 2. The number of hydrogen-bond acceptors (Lipinski definition) is 6. The molecule has 0 aromatic carbocycles. The highest BCUT2D eigenvalue weighted by atomic mass is 19.4. The third kappa shape index (κ3) is 4.34. The van der Waals surface area contributed by atoms with Crippen LogP contribution in [0.3, 0.4) is 0 Å². The van der Waals surface area contributed by atoms with E-state index in [-0.39, 0.29) is 28.9 Å². The predicted octanol–water partition coefficient (Wildman–Crippen LogP) is 3.33. The van der Waals surface area contributed by atoms with E-state index >= 15 is 0 Å². The minimum absolute atomic E-state index is 0.0403. The summed E-state index contributed by atoms with van der Waals surface area (Å²) in [5, 5.41) is 11.5. The van der Waals surface area contributed by atoms with Crippen molar-refractivity contribution in [1.29, 1.82) is 0 Å². The van der Waals surface area contributed by atoms with E-state index in [0.717, 1.165) is 6.20 Å². The highest BCUT2D eigenvalue weighted by molar-refractivity contribution is 6.05. The van der Waals surface area contributed by atoms with Gasteiger partial charge in [0.05, 0.1) is 23.7 Å². The first kappa shape index (κ1) is 21.5. The second kappa shape index (κ2) is 8.09. The molecule has 4 heterocycles. The zero-order chi connectivity index (χ0) is 23.0. The van der Waals surface area contributed by atoms with Crippen LogP contribution >= 0.6 is 0 Å². The van der Waals surface area contributed by atoms with E-state index in [9.17, 15) is 27.6 Å². The summed E-state index contributed by atoms with van der Waals surface area (Å²) in [6.45, 7) is 1.21. The van der Waals surface area contributed by atoms with Gasteiger partial charge in [-0.1, -0.05) is 0 Å². The molecule has 2 N–H and O–H groups in total. The number of anilines is 3. The summed E-state index contributed by atoms with van der Waals surface area (Å²) < 4.78 is 37.4. The number of carboxylic acids is 1. The SMILES string of the molecule is O=C(O)c1ccc(NC(=O)N2c3nc(C(=O)CCC(F)(F)F)ccc3N3CC[C@H]2C3)nc1. The molecular formula is C20H18F3N5O4. The third-order valence-electron chi connectivity index (χ3n) is 5.34. The Kier molecular flexibility index (Phi) is 5.45. The van der Waals surface area contributed by atoms with Gasteiger partial charge in [-0.25, -0.2) is 19.6 Å². The maximum atomic E-state index is 13.0. The Bertz CT molecular complexity index is 1070. The number of ketones is 1. The van der Waals surface area contributed by atoms with Crippen LogP contribution in [-0.4, -0.2) is 58.2 Å². The van der Waals surface area contributed by atoms with E-state index in [1.807, 2.05) is 4.90 Å². The average Bonchev–Trinajstić information content (AvgIpc) is 3.15. The normalized spacial score (nSPS) is 17.2. The fraction of sp³-hybridized carbons (Fsp3) is 0.350. The molecule has 1 fully saturated rings. The van der Waals surface area contributed by atoms with Gasteiger partial charge in [-0.15, -0.1) is 0 Å². The van der Waals surface area contributed by atoms with Gasteiger partial charge in [0.1, 0.15) is 11.5 Å². The van der Waals surface area contributed by atoms with Crippen LogP contribution in [0.25, 0.3) is 0 Å². The standard InChI is InChI=1S/C20H18F3N5O4/c21-20(22,23)7-5-15(29)13-2-3-14-17(25-13)28(12-6-8-27(14)10-12)19(32)26-16-4-1-11(9-24-16)18(30)31/h1-4,9,12H,5-8,10H2,(H,30,31)(H,24,26,32)/t12-/m0/s1. The van der Waals surface area contributed by atoms with Crippen LogP contribution in [0.4, 0.5) is 35.3 Å². The molecule has 32 heavy (non-hydrogen) atoms. The number of nitrogens with one attached hydrogen (secondary N) is 1. The van der Waals surface area contributed by atoms with E-state index in [0.29, 0.717) is 25.2 Å². The molecule has 0 radical (unpaired) electrons. The number of rotatable bonds is 5. The summed E-state index contributed by atoms with van der Waals surface area (Å²) in [6.07, 6.45) is -4.68. The molecule has 168 valence electrons. The monoisotopic (exact) mass is 449 g/mol. The lowest BCUT2D eigenvalue weighted by atomic mass is 10.1. The molecule has 0 aliphatic carbocycles. The molecule has 0 spiro atoms. The van der Waals surface area contributed by atoms with Crippen LogP contribution in [0.15, 0.2) is 30.5 Å². The molecule has 2 aliphatic heterocycles. The van der Waals surface area contributed by atoms with Gasteiger partial charge in [-0.3, -0.25) is 15.0 Å². The molecule has 2 aromatic rings. The van der Waals surface area contributed by atoms with Crippen molar-refractivity contribution in [2.24, 2.45) is 0 Å². The molecule has 2 amide bonds. The number of amides is 2. The predicted molar refractivity (Wildman–Crippen MR) is 107 cm³/mol. The number of nitrogens with zero attached hydrogens (tertiary/aromatic N) is 4. The highest BCUT2D eigenvalue weighted by Gasteiger charge is 2.40. The van der Waals surface area contributed by atoms with E-state index in [2.05, 4.69) is 15.3 Å². The van der Waals surface area contributed by atoms with E-state index < -0.39 is 36.8 Å². The number of Topliss-reactive ketones (excluding diaryl/α,β-unsaturated/α-hetero) is 1. The number of aromatic nitrogens is 2. The van der Waals surface area contributed by atoms with Crippen LogP contribution < -0.4 is 15.1 Å². The minimum Gasteiger partial charge on any atom is -0.478 e. The van der Waals surface area contributed by atoms with Gasteiger partial charge in [-0.05, 0) is 30.7 Å². The quantitative estimate of drug-likeness (QED) is 0.673. The molecule has 2 aromatic heterocycles. The zero-order valence-corrected chi connectivity index (χ0v) is 16.6. The number of urea groups is 1. The Morgan fingerprint density at radius 3 is 2.62 bits per heavy atom. The summed E-state index contributed by atoms with van der Waals surface area (Å²) in [4.78, 5) is 47.8. The zero-order valence-electron chi connectivity index (χ0n) is 16.6. The smallest absolute Gasteiger partial charge is 0.389 e. The Balaban J connectivity index is 1.59. The summed E-state index contributed by atoms with van der Waals surface area (Å²) in [5.74, 6) is -1.60. The Morgan fingerprint density at radius 2 is 1.97 bits per heavy atom. The van der Waals surface area contributed by atoms with Crippen molar-refractivity contribution in [2.45, 2.75) is 31.5 Å². The Labute approximate surface area is 179 Å². The second-order valence-corrected chi connectivity index (χ2v) is 7.50. The lowest BCUT2D eigenvalue weighted by Crippen LogP contribution is -2.48.